The highest BCUT2D eigenvalue weighted by Crippen LogP contribution is 2.34. The largest absolute Gasteiger partial charge is 0.497 e. The third kappa shape index (κ3) is 4.19. The second-order valence-corrected chi connectivity index (χ2v) is 8.06. The van der Waals surface area contributed by atoms with Crippen LogP contribution < -0.4 is 9.64 Å². The van der Waals surface area contributed by atoms with Crippen LogP contribution in [0.15, 0.2) is 60.9 Å². The minimum Gasteiger partial charge on any atom is -0.497 e. The molecular weight excluding hydrogens is 429 g/mol. The zero-order valence-electron chi connectivity index (χ0n) is 15.3. The molecular formula is C21H15Cl2N3O2S. The number of amides is 1. The molecule has 0 aliphatic heterocycles. The van der Waals surface area contributed by atoms with Crippen molar-refractivity contribution in [3.8, 4) is 5.75 Å². The van der Waals surface area contributed by atoms with Crippen molar-refractivity contribution in [1.29, 1.82) is 0 Å². The van der Waals surface area contributed by atoms with Gasteiger partial charge in [0.05, 0.1) is 34.5 Å². The van der Waals surface area contributed by atoms with Gasteiger partial charge in [-0.1, -0.05) is 40.6 Å². The molecule has 2 aromatic carbocycles. The first kappa shape index (κ1) is 19.6. The van der Waals surface area contributed by atoms with Gasteiger partial charge in [0, 0.05) is 17.4 Å². The van der Waals surface area contributed by atoms with Crippen LogP contribution in [0.2, 0.25) is 10.0 Å². The number of rotatable bonds is 5. The van der Waals surface area contributed by atoms with E-state index < -0.39 is 0 Å². The van der Waals surface area contributed by atoms with Crippen LogP contribution in [0.5, 0.6) is 5.75 Å². The second-order valence-electron chi connectivity index (χ2n) is 6.21. The van der Waals surface area contributed by atoms with Gasteiger partial charge in [-0.25, -0.2) is 4.98 Å². The standard InChI is InChI=1S/C21H15Cl2N3O2S/c1-28-15-5-7-18-19(10-15)29-21(25-18)26(12-13-3-2-8-24-11-13)20(27)16-9-14(22)4-6-17(16)23/h2-11H,12H2,1H3. The maximum Gasteiger partial charge on any atom is 0.261 e. The minimum absolute atomic E-state index is 0.285. The van der Waals surface area contributed by atoms with Gasteiger partial charge in [0.2, 0.25) is 0 Å². The summed E-state index contributed by atoms with van der Waals surface area (Å²) in [5.74, 6) is 0.447. The number of nitrogens with zero attached hydrogens (tertiary/aromatic N) is 3. The maximum atomic E-state index is 13.4. The lowest BCUT2D eigenvalue weighted by atomic mass is 10.2. The number of fused-ring (bicyclic) bond motifs is 1. The van der Waals surface area contributed by atoms with Crippen molar-refractivity contribution in [2.45, 2.75) is 6.54 Å². The summed E-state index contributed by atoms with van der Waals surface area (Å²) >= 11 is 13.8. The molecule has 29 heavy (non-hydrogen) atoms. The van der Waals surface area contributed by atoms with Crippen molar-refractivity contribution in [3.05, 3.63) is 82.1 Å². The average molecular weight is 444 g/mol. The Morgan fingerprint density at radius 1 is 1.17 bits per heavy atom. The molecule has 0 N–H and O–H groups in total. The van der Waals surface area contributed by atoms with Crippen LogP contribution in [0.25, 0.3) is 10.2 Å². The van der Waals surface area contributed by atoms with E-state index in [4.69, 9.17) is 27.9 Å². The van der Waals surface area contributed by atoms with Crippen molar-refractivity contribution >= 4 is 55.8 Å². The monoisotopic (exact) mass is 443 g/mol. The minimum atomic E-state index is -0.285. The molecule has 1 amide bonds. The molecule has 0 bridgehead atoms. The Morgan fingerprint density at radius 2 is 2.03 bits per heavy atom. The third-order valence-corrected chi connectivity index (χ3v) is 5.89. The average Bonchev–Trinajstić information content (AvgIpc) is 3.16. The number of pyridine rings is 1. The molecule has 8 heteroatoms. The van der Waals surface area contributed by atoms with Gasteiger partial charge in [0.15, 0.2) is 5.13 Å². The third-order valence-electron chi connectivity index (χ3n) is 4.28. The van der Waals surface area contributed by atoms with Crippen molar-refractivity contribution in [2.24, 2.45) is 0 Å². The molecule has 0 atom stereocenters. The number of hydrogen-bond acceptors (Lipinski definition) is 5. The SMILES string of the molecule is COc1ccc2nc(N(Cc3cccnc3)C(=O)c3cc(Cl)ccc3Cl)sc2c1. The maximum absolute atomic E-state index is 13.4. The molecule has 4 rings (SSSR count). The second kappa shape index (κ2) is 8.37. The van der Waals surface area contributed by atoms with Crippen LogP contribution in [-0.2, 0) is 6.54 Å². The number of hydrogen-bond donors (Lipinski definition) is 0. The smallest absolute Gasteiger partial charge is 0.261 e. The number of carbonyl (C=O) groups excluding carboxylic acids is 1. The van der Waals surface area contributed by atoms with E-state index in [1.165, 1.54) is 11.3 Å². The fourth-order valence-electron chi connectivity index (χ4n) is 2.84. The van der Waals surface area contributed by atoms with Crippen LogP contribution in [0.4, 0.5) is 5.13 Å². The Hall–Kier alpha value is -2.67. The Kier molecular flexibility index (Phi) is 5.67. The van der Waals surface area contributed by atoms with E-state index in [1.807, 2.05) is 30.3 Å². The molecule has 146 valence electrons. The van der Waals surface area contributed by atoms with Gasteiger partial charge in [-0.15, -0.1) is 0 Å². The van der Waals surface area contributed by atoms with Gasteiger partial charge in [0.1, 0.15) is 5.75 Å². The Morgan fingerprint density at radius 3 is 2.79 bits per heavy atom. The molecule has 0 aliphatic rings. The summed E-state index contributed by atoms with van der Waals surface area (Å²) in [5, 5.41) is 1.32. The number of carbonyl (C=O) groups is 1. The molecule has 2 heterocycles. The first-order valence-corrected chi connectivity index (χ1v) is 10.2. The van der Waals surface area contributed by atoms with Crippen LogP contribution in [-0.4, -0.2) is 23.0 Å². The highest BCUT2D eigenvalue weighted by Gasteiger charge is 2.24. The molecule has 0 unspecified atom stereocenters. The van der Waals surface area contributed by atoms with E-state index in [2.05, 4.69) is 9.97 Å². The zero-order chi connectivity index (χ0) is 20.4. The Balaban J connectivity index is 1.79. The van der Waals surface area contributed by atoms with Crippen LogP contribution in [0.3, 0.4) is 0 Å². The number of aromatic nitrogens is 2. The first-order chi connectivity index (χ1) is 14.0. The molecule has 0 fully saturated rings. The number of methoxy groups -OCH3 is 1. The van der Waals surface area contributed by atoms with Gasteiger partial charge in [-0.05, 0) is 48.0 Å². The molecule has 0 saturated carbocycles. The Bertz CT molecular complexity index is 1180. The number of thiazole rings is 1. The van der Waals surface area contributed by atoms with Gasteiger partial charge >= 0.3 is 0 Å². The molecule has 0 radical (unpaired) electrons. The van der Waals surface area contributed by atoms with Gasteiger partial charge in [-0.3, -0.25) is 14.7 Å². The van der Waals surface area contributed by atoms with Gasteiger partial charge in [-0.2, -0.15) is 0 Å². The number of halogens is 2. The predicted octanol–water partition coefficient (Wildman–Crippen LogP) is 5.85. The van der Waals surface area contributed by atoms with Gasteiger partial charge < -0.3 is 4.74 Å². The summed E-state index contributed by atoms with van der Waals surface area (Å²) in [5.41, 5.74) is 1.97. The molecule has 4 aromatic rings. The molecule has 5 nitrogen and oxygen atoms in total. The summed E-state index contributed by atoms with van der Waals surface area (Å²) in [6, 6.07) is 14.2. The first-order valence-electron chi connectivity index (χ1n) is 8.65. The lowest BCUT2D eigenvalue weighted by Gasteiger charge is -2.20. The predicted molar refractivity (Wildman–Crippen MR) is 117 cm³/mol. The van der Waals surface area contributed by atoms with E-state index >= 15 is 0 Å². The molecule has 0 saturated heterocycles. The number of benzene rings is 2. The zero-order valence-corrected chi connectivity index (χ0v) is 17.6. The van der Waals surface area contributed by atoms with E-state index in [0.717, 1.165) is 21.5 Å². The fourth-order valence-corrected chi connectivity index (χ4v) is 4.20. The van der Waals surface area contributed by atoms with Crippen molar-refractivity contribution in [2.75, 3.05) is 12.0 Å². The van der Waals surface area contributed by atoms with Crippen molar-refractivity contribution < 1.29 is 9.53 Å². The Labute approximate surface area is 181 Å². The summed E-state index contributed by atoms with van der Waals surface area (Å²) in [7, 11) is 1.61. The van der Waals surface area contributed by atoms with E-state index in [-0.39, 0.29) is 5.91 Å². The topological polar surface area (TPSA) is 55.3 Å². The van der Waals surface area contributed by atoms with E-state index in [1.54, 1.807) is 42.6 Å². The molecule has 0 spiro atoms. The van der Waals surface area contributed by atoms with Crippen LogP contribution in [0, 0.1) is 0 Å². The highest BCUT2D eigenvalue weighted by molar-refractivity contribution is 7.22. The lowest BCUT2D eigenvalue weighted by Crippen LogP contribution is -2.30. The normalized spacial score (nSPS) is 10.9. The molecule has 0 aliphatic carbocycles. The van der Waals surface area contributed by atoms with Crippen LogP contribution in [0.1, 0.15) is 15.9 Å². The quantitative estimate of drug-likeness (QED) is 0.387. The summed E-state index contributed by atoms with van der Waals surface area (Å²) in [6.07, 6.45) is 3.41. The number of anilines is 1. The van der Waals surface area contributed by atoms with Crippen molar-refractivity contribution in [3.63, 3.8) is 0 Å². The highest BCUT2D eigenvalue weighted by atomic mass is 35.5. The fraction of sp³-hybridized carbons (Fsp3) is 0.0952. The van der Waals surface area contributed by atoms with E-state index in [9.17, 15) is 4.79 Å². The number of ether oxygens (including phenoxy) is 1. The van der Waals surface area contributed by atoms with Gasteiger partial charge in [0.25, 0.3) is 5.91 Å². The lowest BCUT2D eigenvalue weighted by molar-refractivity contribution is 0.0985. The summed E-state index contributed by atoms with van der Waals surface area (Å²) in [4.78, 5) is 23.8. The van der Waals surface area contributed by atoms with E-state index in [0.29, 0.717) is 27.3 Å². The molecule has 2 aromatic heterocycles. The van der Waals surface area contributed by atoms with Crippen LogP contribution >= 0.6 is 34.5 Å². The van der Waals surface area contributed by atoms with Crippen molar-refractivity contribution in [1.82, 2.24) is 9.97 Å². The summed E-state index contributed by atoms with van der Waals surface area (Å²) in [6.45, 7) is 0.298. The summed E-state index contributed by atoms with van der Waals surface area (Å²) < 4.78 is 6.21.